The van der Waals surface area contributed by atoms with Crippen molar-refractivity contribution < 1.29 is 9.47 Å². The van der Waals surface area contributed by atoms with Crippen LogP contribution in [-0.2, 0) is 9.47 Å². The maximum atomic E-state index is 5.42. The van der Waals surface area contributed by atoms with Crippen LogP contribution < -0.4 is 5.32 Å². The maximum absolute atomic E-state index is 5.42. The SMILES string of the molecule is C1COCCC(C2CCOCC2)N1. The molecule has 1 N–H and O–H groups in total. The fourth-order valence-electron chi connectivity index (χ4n) is 2.25. The van der Waals surface area contributed by atoms with Crippen molar-refractivity contribution in [1.29, 1.82) is 0 Å². The first-order chi connectivity index (χ1) is 6.47. The van der Waals surface area contributed by atoms with Crippen LogP contribution in [0.1, 0.15) is 19.3 Å². The van der Waals surface area contributed by atoms with Gasteiger partial charge in [0, 0.05) is 32.4 Å². The molecule has 0 radical (unpaired) electrons. The maximum Gasteiger partial charge on any atom is 0.0591 e. The number of hydrogen-bond donors (Lipinski definition) is 1. The first-order valence-corrected chi connectivity index (χ1v) is 5.36. The molecule has 2 aliphatic rings. The second kappa shape index (κ2) is 4.94. The van der Waals surface area contributed by atoms with Gasteiger partial charge in [-0.05, 0) is 25.2 Å². The molecule has 2 saturated heterocycles. The van der Waals surface area contributed by atoms with Crippen LogP contribution in [0.15, 0.2) is 0 Å². The van der Waals surface area contributed by atoms with Crippen LogP contribution in [0.4, 0.5) is 0 Å². The second-order valence-corrected chi connectivity index (χ2v) is 3.91. The van der Waals surface area contributed by atoms with E-state index >= 15 is 0 Å². The van der Waals surface area contributed by atoms with E-state index < -0.39 is 0 Å². The fourth-order valence-corrected chi connectivity index (χ4v) is 2.25. The number of rotatable bonds is 1. The Morgan fingerprint density at radius 3 is 2.38 bits per heavy atom. The first kappa shape index (κ1) is 9.44. The van der Waals surface area contributed by atoms with Gasteiger partial charge >= 0.3 is 0 Å². The van der Waals surface area contributed by atoms with Crippen molar-refractivity contribution in [3.8, 4) is 0 Å². The Balaban J connectivity index is 1.82. The van der Waals surface area contributed by atoms with Crippen LogP contribution in [0.3, 0.4) is 0 Å². The predicted molar refractivity (Wildman–Crippen MR) is 50.8 cm³/mol. The van der Waals surface area contributed by atoms with Crippen LogP contribution in [0.2, 0.25) is 0 Å². The smallest absolute Gasteiger partial charge is 0.0591 e. The Kier molecular flexibility index (Phi) is 3.58. The van der Waals surface area contributed by atoms with E-state index in [0.717, 1.165) is 38.9 Å². The third-order valence-corrected chi connectivity index (χ3v) is 3.06. The van der Waals surface area contributed by atoms with E-state index in [4.69, 9.17) is 9.47 Å². The quantitative estimate of drug-likeness (QED) is 0.655. The van der Waals surface area contributed by atoms with E-state index in [0.29, 0.717) is 6.04 Å². The molecule has 2 rings (SSSR count). The van der Waals surface area contributed by atoms with Crippen LogP contribution in [0.5, 0.6) is 0 Å². The highest BCUT2D eigenvalue weighted by atomic mass is 16.5. The van der Waals surface area contributed by atoms with Crippen molar-refractivity contribution in [2.75, 3.05) is 33.0 Å². The molecule has 0 aliphatic carbocycles. The lowest BCUT2D eigenvalue weighted by Gasteiger charge is -2.29. The molecular weight excluding hydrogens is 166 g/mol. The molecule has 1 atom stereocenters. The van der Waals surface area contributed by atoms with Crippen LogP contribution in [0.25, 0.3) is 0 Å². The van der Waals surface area contributed by atoms with Gasteiger partial charge in [0.05, 0.1) is 6.61 Å². The number of nitrogens with one attached hydrogen (secondary N) is 1. The highest BCUT2D eigenvalue weighted by molar-refractivity contribution is 4.79. The molecule has 0 aromatic heterocycles. The molecule has 3 nitrogen and oxygen atoms in total. The topological polar surface area (TPSA) is 30.5 Å². The molecule has 0 aromatic rings. The number of ether oxygens (including phenoxy) is 2. The van der Waals surface area contributed by atoms with Gasteiger partial charge in [-0.2, -0.15) is 0 Å². The first-order valence-electron chi connectivity index (χ1n) is 5.36. The molecule has 2 fully saturated rings. The molecule has 0 spiro atoms. The molecular formula is C10H19NO2. The summed E-state index contributed by atoms with van der Waals surface area (Å²) >= 11 is 0. The van der Waals surface area contributed by atoms with Gasteiger partial charge in [-0.1, -0.05) is 0 Å². The molecule has 1 unspecified atom stereocenters. The lowest BCUT2D eigenvalue weighted by molar-refractivity contribution is 0.0521. The zero-order chi connectivity index (χ0) is 8.93. The lowest BCUT2D eigenvalue weighted by atomic mass is 9.90. The lowest BCUT2D eigenvalue weighted by Crippen LogP contribution is -2.39. The summed E-state index contributed by atoms with van der Waals surface area (Å²) in [6.07, 6.45) is 3.61. The zero-order valence-electron chi connectivity index (χ0n) is 8.13. The highest BCUT2D eigenvalue weighted by Gasteiger charge is 2.24. The van der Waals surface area contributed by atoms with Crippen molar-refractivity contribution in [2.24, 2.45) is 5.92 Å². The monoisotopic (exact) mass is 185 g/mol. The van der Waals surface area contributed by atoms with Crippen molar-refractivity contribution >= 4 is 0 Å². The largest absolute Gasteiger partial charge is 0.381 e. The van der Waals surface area contributed by atoms with E-state index in [1.807, 2.05) is 0 Å². The average Bonchev–Trinajstić information content (AvgIpc) is 2.47. The summed E-state index contributed by atoms with van der Waals surface area (Å²) in [5.74, 6) is 0.815. The van der Waals surface area contributed by atoms with Gasteiger partial charge in [-0.3, -0.25) is 0 Å². The molecule has 0 aromatic carbocycles. The van der Waals surface area contributed by atoms with E-state index in [-0.39, 0.29) is 0 Å². The summed E-state index contributed by atoms with van der Waals surface area (Å²) in [4.78, 5) is 0. The third-order valence-electron chi connectivity index (χ3n) is 3.06. The summed E-state index contributed by atoms with van der Waals surface area (Å²) < 4.78 is 10.8. The molecule has 0 bridgehead atoms. The van der Waals surface area contributed by atoms with Gasteiger partial charge in [0.1, 0.15) is 0 Å². The standard InChI is InChI=1S/C10H19NO2/c1-5-12-6-2-9(1)10-3-7-13-8-4-11-10/h9-11H,1-8H2. The van der Waals surface area contributed by atoms with Crippen molar-refractivity contribution in [2.45, 2.75) is 25.3 Å². The molecule has 3 heteroatoms. The fraction of sp³-hybridized carbons (Fsp3) is 1.00. The molecule has 0 amide bonds. The Bertz CT molecular complexity index is 138. The van der Waals surface area contributed by atoms with Crippen LogP contribution >= 0.6 is 0 Å². The van der Waals surface area contributed by atoms with Gasteiger partial charge in [0.15, 0.2) is 0 Å². The van der Waals surface area contributed by atoms with Crippen LogP contribution in [-0.4, -0.2) is 39.0 Å². The van der Waals surface area contributed by atoms with Crippen molar-refractivity contribution in [1.82, 2.24) is 5.32 Å². The minimum absolute atomic E-state index is 0.673. The molecule has 2 heterocycles. The summed E-state index contributed by atoms with van der Waals surface area (Å²) in [5, 5.41) is 3.57. The molecule has 0 saturated carbocycles. The highest BCUT2D eigenvalue weighted by Crippen LogP contribution is 2.21. The van der Waals surface area contributed by atoms with E-state index in [2.05, 4.69) is 5.32 Å². The van der Waals surface area contributed by atoms with Gasteiger partial charge in [0.25, 0.3) is 0 Å². The van der Waals surface area contributed by atoms with Gasteiger partial charge in [-0.15, -0.1) is 0 Å². The van der Waals surface area contributed by atoms with E-state index in [1.54, 1.807) is 0 Å². The summed E-state index contributed by atoms with van der Waals surface area (Å²) in [6.45, 7) is 4.71. The third kappa shape index (κ3) is 2.66. The van der Waals surface area contributed by atoms with E-state index in [9.17, 15) is 0 Å². The number of hydrogen-bond acceptors (Lipinski definition) is 3. The van der Waals surface area contributed by atoms with Gasteiger partial charge in [0.2, 0.25) is 0 Å². The minimum atomic E-state index is 0.673. The molecule has 76 valence electrons. The van der Waals surface area contributed by atoms with Gasteiger partial charge < -0.3 is 14.8 Å². The summed E-state index contributed by atoms with van der Waals surface area (Å²) in [5.41, 5.74) is 0. The van der Waals surface area contributed by atoms with Crippen molar-refractivity contribution in [3.63, 3.8) is 0 Å². The normalized spacial score (nSPS) is 32.8. The van der Waals surface area contributed by atoms with Crippen molar-refractivity contribution in [3.05, 3.63) is 0 Å². The summed E-state index contributed by atoms with van der Waals surface area (Å²) in [7, 11) is 0. The Hall–Kier alpha value is -0.120. The Labute approximate surface area is 79.8 Å². The predicted octanol–water partition coefficient (Wildman–Crippen LogP) is 0.792. The molecule has 13 heavy (non-hydrogen) atoms. The average molecular weight is 185 g/mol. The zero-order valence-corrected chi connectivity index (χ0v) is 8.13. The molecule has 2 aliphatic heterocycles. The summed E-state index contributed by atoms with van der Waals surface area (Å²) in [6, 6.07) is 0.673. The second-order valence-electron chi connectivity index (χ2n) is 3.91. The van der Waals surface area contributed by atoms with Gasteiger partial charge in [-0.25, -0.2) is 0 Å². The van der Waals surface area contributed by atoms with Crippen LogP contribution in [0, 0.1) is 5.92 Å². The van der Waals surface area contributed by atoms with E-state index in [1.165, 1.54) is 19.3 Å². The minimum Gasteiger partial charge on any atom is -0.381 e. The Morgan fingerprint density at radius 1 is 0.846 bits per heavy atom. The Morgan fingerprint density at radius 2 is 1.54 bits per heavy atom.